The molecule has 0 saturated carbocycles. The van der Waals surface area contributed by atoms with Crippen molar-refractivity contribution in [2.45, 2.75) is 49.0 Å². The third-order valence-electron chi connectivity index (χ3n) is 3.84. The maximum absolute atomic E-state index is 13.0. The van der Waals surface area contributed by atoms with Crippen LogP contribution in [0.1, 0.15) is 30.5 Å². The first-order valence-corrected chi connectivity index (χ1v) is 9.99. The summed E-state index contributed by atoms with van der Waals surface area (Å²) in [5.74, 6) is 0.326. The number of hydrogen-bond donors (Lipinski definition) is 0. The highest BCUT2D eigenvalue weighted by Gasteiger charge is 2.33. The van der Waals surface area contributed by atoms with Gasteiger partial charge in [-0.2, -0.15) is 16.1 Å². The van der Waals surface area contributed by atoms with Crippen LogP contribution in [-0.4, -0.2) is 36.3 Å². The lowest BCUT2D eigenvalue weighted by Gasteiger charge is -2.34. The van der Waals surface area contributed by atoms with Gasteiger partial charge < -0.3 is 0 Å². The van der Waals surface area contributed by atoms with Gasteiger partial charge in [0.25, 0.3) is 0 Å². The third-order valence-corrected chi connectivity index (χ3v) is 7.33. The van der Waals surface area contributed by atoms with E-state index in [4.69, 9.17) is 11.6 Å². The minimum absolute atomic E-state index is 0.320. The predicted octanol–water partition coefficient (Wildman–Crippen LogP) is 3.56. The Hall–Kier alpha value is -0.230. The molecule has 0 spiro atoms. The van der Waals surface area contributed by atoms with Crippen molar-refractivity contribution in [1.29, 1.82) is 0 Å². The van der Waals surface area contributed by atoms with E-state index in [9.17, 15) is 8.42 Å². The van der Waals surface area contributed by atoms with Crippen molar-refractivity contribution in [2.75, 3.05) is 13.1 Å². The highest BCUT2D eigenvalue weighted by molar-refractivity contribution is 8.00. The molecule has 2 rings (SSSR count). The number of nitrogens with zero attached hydrogens (tertiary/aromatic N) is 1. The van der Waals surface area contributed by atoms with E-state index >= 15 is 0 Å². The van der Waals surface area contributed by atoms with E-state index in [1.165, 1.54) is 0 Å². The van der Waals surface area contributed by atoms with Gasteiger partial charge in [0.15, 0.2) is 0 Å². The van der Waals surface area contributed by atoms with Crippen LogP contribution < -0.4 is 0 Å². The Balaban J connectivity index is 2.46. The second-order valence-corrected chi connectivity index (χ2v) is 9.80. The second kappa shape index (κ2) is 6.49. The van der Waals surface area contributed by atoms with Crippen molar-refractivity contribution in [3.05, 3.63) is 28.8 Å². The van der Waals surface area contributed by atoms with Gasteiger partial charge in [0.2, 0.25) is 10.0 Å². The zero-order valence-corrected chi connectivity index (χ0v) is 15.3. The van der Waals surface area contributed by atoms with E-state index < -0.39 is 10.0 Å². The summed E-state index contributed by atoms with van der Waals surface area (Å²) in [5.41, 5.74) is 2.65. The van der Waals surface area contributed by atoms with Crippen molar-refractivity contribution < 1.29 is 8.42 Å². The highest BCUT2D eigenvalue weighted by atomic mass is 35.5. The van der Waals surface area contributed by atoms with Crippen LogP contribution in [0.15, 0.2) is 17.0 Å². The van der Waals surface area contributed by atoms with E-state index in [0.29, 0.717) is 34.4 Å². The van der Waals surface area contributed by atoms with Crippen LogP contribution in [0.2, 0.25) is 0 Å². The summed E-state index contributed by atoms with van der Waals surface area (Å²) in [6, 6.07) is 3.68. The molecule has 1 heterocycles. The molecule has 1 fully saturated rings. The maximum Gasteiger partial charge on any atom is 0.243 e. The zero-order valence-electron chi connectivity index (χ0n) is 12.9. The summed E-state index contributed by atoms with van der Waals surface area (Å²) in [6.07, 6.45) is 0. The molecule has 6 heteroatoms. The Morgan fingerprint density at radius 2 is 1.81 bits per heavy atom. The van der Waals surface area contributed by atoms with Crippen molar-refractivity contribution >= 4 is 33.4 Å². The molecule has 3 nitrogen and oxygen atoms in total. The monoisotopic (exact) mass is 347 g/mol. The van der Waals surface area contributed by atoms with Crippen molar-refractivity contribution in [3.63, 3.8) is 0 Å². The van der Waals surface area contributed by atoms with Crippen LogP contribution >= 0.6 is 23.4 Å². The Bertz CT molecular complexity index is 621. The minimum Gasteiger partial charge on any atom is -0.207 e. The van der Waals surface area contributed by atoms with E-state index in [0.717, 1.165) is 16.7 Å². The van der Waals surface area contributed by atoms with Crippen molar-refractivity contribution in [1.82, 2.24) is 4.31 Å². The molecular formula is C15H22ClNO2S2. The summed E-state index contributed by atoms with van der Waals surface area (Å²) < 4.78 is 27.6. The Kier molecular flexibility index (Phi) is 5.29. The topological polar surface area (TPSA) is 37.4 Å². The Morgan fingerprint density at radius 1 is 1.24 bits per heavy atom. The molecule has 1 aliphatic heterocycles. The summed E-state index contributed by atoms with van der Waals surface area (Å²) in [6.45, 7) is 9.10. The molecular weight excluding hydrogens is 326 g/mol. The summed E-state index contributed by atoms with van der Waals surface area (Å²) in [7, 11) is -3.45. The fraction of sp³-hybridized carbons (Fsp3) is 0.600. The van der Waals surface area contributed by atoms with Crippen LogP contribution in [0.25, 0.3) is 0 Å². The molecule has 2 atom stereocenters. The van der Waals surface area contributed by atoms with E-state index in [1.54, 1.807) is 10.4 Å². The fourth-order valence-electron chi connectivity index (χ4n) is 2.71. The van der Waals surface area contributed by atoms with Gasteiger partial charge >= 0.3 is 0 Å². The van der Waals surface area contributed by atoms with Gasteiger partial charge in [0.1, 0.15) is 0 Å². The lowest BCUT2D eigenvalue weighted by Crippen LogP contribution is -2.44. The molecule has 0 aromatic heterocycles. The number of rotatable bonds is 3. The van der Waals surface area contributed by atoms with E-state index in [1.807, 2.05) is 31.7 Å². The van der Waals surface area contributed by atoms with Gasteiger partial charge in [0, 0.05) is 29.5 Å². The number of alkyl halides is 1. The Labute approximate surface area is 137 Å². The first kappa shape index (κ1) is 17.1. The lowest BCUT2D eigenvalue weighted by molar-refractivity contribution is 0.404. The molecule has 0 radical (unpaired) electrons. The standard InChI is InChI=1S/C15H22ClNO2S2/c1-10-5-14(7-16)6-15(13(10)4)21(18,19)17-8-11(2)20-12(3)9-17/h5-6,11-12H,7-9H2,1-4H3. The molecule has 0 aliphatic carbocycles. The van der Waals surface area contributed by atoms with Gasteiger partial charge in [-0.05, 0) is 36.6 Å². The molecule has 0 N–H and O–H groups in total. The van der Waals surface area contributed by atoms with Crippen molar-refractivity contribution in [2.24, 2.45) is 0 Å². The molecule has 21 heavy (non-hydrogen) atoms. The Morgan fingerprint density at radius 3 is 2.33 bits per heavy atom. The quantitative estimate of drug-likeness (QED) is 0.784. The van der Waals surface area contributed by atoms with Gasteiger partial charge in [-0.1, -0.05) is 19.9 Å². The molecule has 1 aromatic rings. The van der Waals surface area contributed by atoms with Crippen LogP contribution in [0.4, 0.5) is 0 Å². The molecule has 1 aliphatic rings. The number of hydrogen-bond acceptors (Lipinski definition) is 3. The maximum atomic E-state index is 13.0. The molecule has 2 unspecified atom stereocenters. The molecule has 118 valence electrons. The highest BCUT2D eigenvalue weighted by Crippen LogP contribution is 2.31. The average molecular weight is 348 g/mol. The molecule has 0 amide bonds. The van der Waals surface area contributed by atoms with Gasteiger partial charge in [-0.3, -0.25) is 0 Å². The minimum atomic E-state index is -3.45. The molecule has 0 bridgehead atoms. The van der Waals surface area contributed by atoms with Gasteiger partial charge in [-0.15, -0.1) is 11.6 Å². The summed E-state index contributed by atoms with van der Waals surface area (Å²) in [5, 5.41) is 0.641. The number of aryl methyl sites for hydroxylation is 1. The second-order valence-electron chi connectivity index (χ2n) is 5.75. The average Bonchev–Trinajstić information content (AvgIpc) is 2.40. The molecule has 1 aromatic carbocycles. The number of benzene rings is 1. The summed E-state index contributed by atoms with van der Waals surface area (Å²) >= 11 is 7.74. The molecule has 1 saturated heterocycles. The summed E-state index contributed by atoms with van der Waals surface area (Å²) in [4.78, 5) is 0.407. The van der Waals surface area contributed by atoms with E-state index in [2.05, 4.69) is 13.8 Å². The predicted molar refractivity (Wildman–Crippen MR) is 90.7 cm³/mol. The SMILES string of the molecule is Cc1cc(CCl)cc(S(=O)(=O)N2CC(C)SC(C)C2)c1C. The van der Waals surface area contributed by atoms with Crippen LogP contribution in [0.5, 0.6) is 0 Å². The first-order chi connectivity index (χ1) is 9.75. The number of thioether (sulfide) groups is 1. The smallest absolute Gasteiger partial charge is 0.207 e. The lowest BCUT2D eigenvalue weighted by atomic mass is 10.1. The van der Waals surface area contributed by atoms with Crippen LogP contribution in [0, 0.1) is 13.8 Å². The van der Waals surface area contributed by atoms with Crippen LogP contribution in [-0.2, 0) is 15.9 Å². The first-order valence-electron chi connectivity index (χ1n) is 7.07. The van der Waals surface area contributed by atoms with Crippen molar-refractivity contribution in [3.8, 4) is 0 Å². The van der Waals surface area contributed by atoms with Crippen LogP contribution in [0.3, 0.4) is 0 Å². The third kappa shape index (κ3) is 3.58. The van der Waals surface area contributed by atoms with E-state index in [-0.39, 0.29) is 0 Å². The fourth-order valence-corrected chi connectivity index (χ4v) is 6.34. The largest absolute Gasteiger partial charge is 0.243 e. The van der Waals surface area contributed by atoms with Gasteiger partial charge in [-0.25, -0.2) is 8.42 Å². The number of sulfonamides is 1. The number of halogens is 1. The zero-order chi connectivity index (χ0) is 15.8. The normalized spacial score (nSPS) is 24.2. The van der Waals surface area contributed by atoms with Gasteiger partial charge in [0.05, 0.1) is 4.90 Å².